The van der Waals surface area contributed by atoms with Gasteiger partial charge >= 0.3 is 0 Å². The quantitative estimate of drug-likeness (QED) is 0.822. The second-order valence-corrected chi connectivity index (χ2v) is 4.46. The third-order valence-electron chi connectivity index (χ3n) is 2.88. The number of aromatic nitrogens is 3. The molecule has 2 rings (SSSR count). The van der Waals surface area contributed by atoms with Gasteiger partial charge in [0.1, 0.15) is 0 Å². The molecule has 0 aliphatic rings. The number of aryl methyl sites for hydroxylation is 2. The summed E-state index contributed by atoms with van der Waals surface area (Å²) in [7, 11) is 0. The topological polar surface area (TPSA) is 42.7 Å². The molecule has 0 radical (unpaired) electrons. The Hall–Kier alpha value is -1.84. The zero-order chi connectivity index (χ0) is 13.0. The van der Waals surface area contributed by atoms with E-state index in [0.29, 0.717) is 0 Å². The standard InChI is InChI=1S/C14H20N4/c1-4-5-8-16-14-17-11(2)10-18(14)13-7-6-9-15-12(13)3/h6-7,9-10H,4-5,8H2,1-3H3,(H,16,17). The van der Waals surface area contributed by atoms with E-state index in [1.54, 1.807) is 0 Å². The van der Waals surface area contributed by atoms with Crippen molar-refractivity contribution in [2.24, 2.45) is 0 Å². The maximum absolute atomic E-state index is 4.52. The minimum atomic E-state index is 0.900. The summed E-state index contributed by atoms with van der Waals surface area (Å²) in [4.78, 5) is 8.85. The van der Waals surface area contributed by atoms with Gasteiger partial charge in [-0.2, -0.15) is 0 Å². The highest BCUT2D eigenvalue weighted by Crippen LogP contribution is 2.18. The first-order valence-corrected chi connectivity index (χ1v) is 6.44. The summed E-state index contributed by atoms with van der Waals surface area (Å²) in [6.45, 7) is 7.16. The van der Waals surface area contributed by atoms with Gasteiger partial charge in [-0.15, -0.1) is 0 Å². The highest BCUT2D eigenvalue weighted by molar-refractivity contribution is 5.45. The molecule has 0 fully saturated rings. The lowest BCUT2D eigenvalue weighted by molar-refractivity contribution is 0.822. The maximum atomic E-state index is 4.52. The van der Waals surface area contributed by atoms with Crippen LogP contribution in [0.3, 0.4) is 0 Å². The molecule has 0 unspecified atom stereocenters. The minimum Gasteiger partial charge on any atom is -0.355 e. The molecule has 0 aliphatic carbocycles. The molecule has 0 spiro atoms. The maximum Gasteiger partial charge on any atom is 0.207 e. The summed E-state index contributed by atoms with van der Waals surface area (Å²) in [6, 6.07) is 4.02. The van der Waals surface area contributed by atoms with E-state index < -0.39 is 0 Å². The number of anilines is 1. The molecule has 0 aliphatic heterocycles. The normalized spacial score (nSPS) is 10.6. The van der Waals surface area contributed by atoms with E-state index in [0.717, 1.165) is 36.0 Å². The van der Waals surface area contributed by atoms with Crippen LogP contribution >= 0.6 is 0 Å². The van der Waals surface area contributed by atoms with Gasteiger partial charge in [-0.1, -0.05) is 13.3 Å². The third-order valence-corrected chi connectivity index (χ3v) is 2.88. The monoisotopic (exact) mass is 244 g/mol. The molecule has 0 aromatic carbocycles. The Morgan fingerprint density at radius 3 is 2.89 bits per heavy atom. The first-order valence-electron chi connectivity index (χ1n) is 6.44. The summed E-state index contributed by atoms with van der Waals surface area (Å²) < 4.78 is 2.08. The second kappa shape index (κ2) is 5.67. The highest BCUT2D eigenvalue weighted by atomic mass is 15.2. The van der Waals surface area contributed by atoms with Crippen molar-refractivity contribution in [2.75, 3.05) is 11.9 Å². The van der Waals surface area contributed by atoms with Crippen LogP contribution in [0.2, 0.25) is 0 Å². The second-order valence-electron chi connectivity index (χ2n) is 4.46. The largest absolute Gasteiger partial charge is 0.355 e. The highest BCUT2D eigenvalue weighted by Gasteiger charge is 2.09. The number of rotatable bonds is 5. The Labute approximate surface area is 108 Å². The van der Waals surface area contributed by atoms with Crippen LogP contribution in [-0.4, -0.2) is 21.1 Å². The zero-order valence-electron chi connectivity index (χ0n) is 11.3. The molecular formula is C14H20N4. The van der Waals surface area contributed by atoms with Crippen LogP contribution in [0.15, 0.2) is 24.5 Å². The molecule has 4 heteroatoms. The summed E-state index contributed by atoms with van der Waals surface area (Å²) >= 11 is 0. The van der Waals surface area contributed by atoms with Crippen LogP contribution < -0.4 is 5.32 Å². The molecule has 2 heterocycles. The van der Waals surface area contributed by atoms with Gasteiger partial charge < -0.3 is 5.32 Å². The van der Waals surface area contributed by atoms with Crippen molar-refractivity contribution < 1.29 is 0 Å². The van der Waals surface area contributed by atoms with Gasteiger partial charge in [-0.25, -0.2) is 4.98 Å². The molecule has 2 aromatic rings. The Balaban J connectivity index is 2.30. The fraction of sp³-hybridized carbons (Fsp3) is 0.429. The van der Waals surface area contributed by atoms with Crippen LogP contribution in [0.1, 0.15) is 31.2 Å². The van der Waals surface area contributed by atoms with Gasteiger partial charge in [0, 0.05) is 18.9 Å². The van der Waals surface area contributed by atoms with E-state index in [1.165, 1.54) is 6.42 Å². The van der Waals surface area contributed by atoms with Gasteiger partial charge in [0.05, 0.1) is 17.1 Å². The number of pyridine rings is 1. The van der Waals surface area contributed by atoms with Crippen LogP contribution in [0.25, 0.3) is 5.69 Å². The smallest absolute Gasteiger partial charge is 0.207 e. The zero-order valence-corrected chi connectivity index (χ0v) is 11.3. The Morgan fingerprint density at radius 1 is 1.33 bits per heavy atom. The average molecular weight is 244 g/mol. The molecule has 0 bridgehead atoms. The molecule has 0 atom stereocenters. The van der Waals surface area contributed by atoms with Crippen LogP contribution in [0.4, 0.5) is 5.95 Å². The first-order chi connectivity index (χ1) is 8.72. The predicted octanol–water partition coefficient (Wildman–Crippen LogP) is 3.10. The average Bonchev–Trinajstić information content (AvgIpc) is 2.71. The van der Waals surface area contributed by atoms with Crippen molar-refractivity contribution in [2.45, 2.75) is 33.6 Å². The Bertz CT molecular complexity index is 516. The molecule has 4 nitrogen and oxygen atoms in total. The lowest BCUT2D eigenvalue weighted by atomic mass is 10.3. The molecular weight excluding hydrogens is 224 g/mol. The van der Waals surface area contributed by atoms with E-state index in [2.05, 4.69) is 32.8 Å². The van der Waals surface area contributed by atoms with Crippen LogP contribution in [-0.2, 0) is 0 Å². The van der Waals surface area contributed by atoms with Crippen LogP contribution in [0, 0.1) is 13.8 Å². The van der Waals surface area contributed by atoms with Gasteiger partial charge in [-0.3, -0.25) is 9.55 Å². The Kier molecular flexibility index (Phi) is 3.97. The molecule has 0 saturated heterocycles. The van der Waals surface area contributed by atoms with Crippen molar-refractivity contribution in [3.05, 3.63) is 35.9 Å². The van der Waals surface area contributed by atoms with Crippen molar-refractivity contribution in [1.29, 1.82) is 0 Å². The lowest BCUT2D eigenvalue weighted by Gasteiger charge is -2.10. The van der Waals surface area contributed by atoms with Crippen molar-refractivity contribution >= 4 is 5.95 Å². The van der Waals surface area contributed by atoms with Gasteiger partial charge in [0.2, 0.25) is 5.95 Å². The molecule has 96 valence electrons. The molecule has 18 heavy (non-hydrogen) atoms. The summed E-state index contributed by atoms with van der Waals surface area (Å²) in [5.41, 5.74) is 3.10. The van der Waals surface area contributed by atoms with E-state index >= 15 is 0 Å². The van der Waals surface area contributed by atoms with Crippen molar-refractivity contribution in [3.63, 3.8) is 0 Å². The number of hydrogen-bond donors (Lipinski definition) is 1. The molecule has 2 aromatic heterocycles. The SMILES string of the molecule is CCCCNc1nc(C)cn1-c1cccnc1C. The number of imidazole rings is 1. The molecule has 1 N–H and O–H groups in total. The van der Waals surface area contributed by atoms with Crippen LogP contribution in [0.5, 0.6) is 0 Å². The number of unbranched alkanes of at least 4 members (excludes halogenated alkanes) is 1. The molecule has 0 saturated carbocycles. The minimum absolute atomic E-state index is 0.900. The van der Waals surface area contributed by atoms with Gasteiger partial charge in [0.25, 0.3) is 0 Å². The fourth-order valence-corrected chi connectivity index (χ4v) is 1.91. The van der Waals surface area contributed by atoms with Crippen molar-refractivity contribution in [1.82, 2.24) is 14.5 Å². The molecule has 0 amide bonds. The fourth-order valence-electron chi connectivity index (χ4n) is 1.91. The van der Waals surface area contributed by atoms with E-state index in [1.807, 2.05) is 32.3 Å². The summed E-state index contributed by atoms with van der Waals surface area (Å²) in [6.07, 6.45) is 6.18. The van der Waals surface area contributed by atoms with E-state index in [-0.39, 0.29) is 0 Å². The Morgan fingerprint density at radius 2 is 2.17 bits per heavy atom. The predicted molar refractivity (Wildman–Crippen MR) is 74.2 cm³/mol. The van der Waals surface area contributed by atoms with Crippen molar-refractivity contribution in [3.8, 4) is 5.69 Å². The van der Waals surface area contributed by atoms with E-state index in [4.69, 9.17) is 0 Å². The van der Waals surface area contributed by atoms with Gasteiger partial charge in [-0.05, 0) is 32.4 Å². The van der Waals surface area contributed by atoms with Gasteiger partial charge in [0.15, 0.2) is 0 Å². The summed E-state index contributed by atoms with van der Waals surface area (Å²) in [5.74, 6) is 0.900. The third kappa shape index (κ3) is 2.70. The first kappa shape index (κ1) is 12.6. The van der Waals surface area contributed by atoms with E-state index in [9.17, 15) is 0 Å². The number of nitrogens with zero attached hydrogens (tertiary/aromatic N) is 3. The summed E-state index contributed by atoms with van der Waals surface area (Å²) in [5, 5.41) is 3.38. The lowest BCUT2D eigenvalue weighted by Crippen LogP contribution is -2.08. The number of nitrogens with one attached hydrogen (secondary N) is 1. The number of hydrogen-bond acceptors (Lipinski definition) is 3.